The molecule has 4 saturated carbocycles. The number of fused-ring (bicyclic) bond motifs is 6. The van der Waals surface area contributed by atoms with Gasteiger partial charge in [0.1, 0.15) is 30.6 Å². The van der Waals surface area contributed by atoms with Gasteiger partial charge in [0.25, 0.3) is 0 Å². The van der Waals surface area contributed by atoms with Crippen LogP contribution in [0.5, 0.6) is 0 Å². The highest BCUT2D eigenvalue weighted by Gasteiger charge is 2.74. The summed E-state index contributed by atoms with van der Waals surface area (Å²) in [5.41, 5.74) is -7.82. The molecule has 0 aromatic rings. The molecule has 0 radical (unpaired) electrons. The molecule has 0 aromatic heterocycles. The van der Waals surface area contributed by atoms with Gasteiger partial charge in [0.2, 0.25) is 5.78 Å². The minimum absolute atomic E-state index is 0.0480. The minimum Gasteiger partial charge on any atom is -0.459 e. The molecule has 19 atom stereocenters. The molecule has 0 bridgehead atoms. The minimum atomic E-state index is -1.90. The zero-order chi connectivity index (χ0) is 47.7. The fourth-order valence-corrected chi connectivity index (χ4v) is 13.6. The molecule has 16 heteroatoms. The number of nitrogens with zero attached hydrogens (tertiary/aromatic N) is 1. The van der Waals surface area contributed by atoms with Crippen LogP contribution in [0.2, 0.25) is 0 Å². The van der Waals surface area contributed by atoms with Crippen molar-refractivity contribution in [3.8, 4) is 0 Å². The van der Waals surface area contributed by atoms with E-state index in [1.165, 1.54) is 26.0 Å². The molecule has 15 nitrogen and oxygen atoms in total. The number of carbonyl (C=O) groups excluding carboxylic acids is 4. The third-order valence-corrected chi connectivity index (χ3v) is 17.6. The standard InChI is InChI=1S/C48H75FN2O13/c1-10-36-46(9,61)41(59)28(5)51(24-43(6)23-47(43,62)40(58)26(3)39(57)27(4)42(60)63-36)17-11-15-50-16-13-37(56)64-48(35(55)22-52)25(2)18-31-30-20-33(49)32-19-29(53)12-14-44(32,7)38(30)34(54)21-45(31,48)8/h12,14,19,25-28,30-31,33-34,36,38-41,50,52,54,57-59,61-62H,10-11,13,15-18,20-24H2,1-9H3/t25-,26+,27-,28-,30?,31?,33+,34+,36-,38?,39+,40-,41-,43+,44+,45+,46-,47-,48+/m1/s1. The number of ketones is 2. The van der Waals surface area contributed by atoms with E-state index >= 15 is 4.39 Å². The molecule has 362 valence electrons. The van der Waals surface area contributed by atoms with E-state index in [9.17, 15) is 54.9 Å². The molecule has 6 rings (SSSR count). The zero-order valence-corrected chi connectivity index (χ0v) is 39.1. The van der Waals surface area contributed by atoms with Crippen LogP contribution in [-0.4, -0.2) is 156 Å². The largest absolute Gasteiger partial charge is 0.459 e. The van der Waals surface area contributed by atoms with Crippen LogP contribution in [0.1, 0.15) is 107 Å². The van der Waals surface area contributed by atoms with E-state index in [1.807, 2.05) is 25.7 Å². The summed E-state index contributed by atoms with van der Waals surface area (Å²) in [6, 6.07) is -0.721. The van der Waals surface area contributed by atoms with Crippen molar-refractivity contribution < 1.29 is 68.8 Å². The first-order chi connectivity index (χ1) is 29.7. The van der Waals surface area contributed by atoms with Crippen LogP contribution in [0.3, 0.4) is 0 Å². The first-order valence-electron chi connectivity index (χ1n) is 23.5. The van der Waals surface area contributed by atoms with Gasteiger partial charge in [-0.05, 0) is 102 Å². The fraction of sp³-hybridized carbons (Fsp3) is 0.833. The predicted molar refractivity (Wildman–Crippen MR) is 232 cm³/mol. The van der Waals surface area contributed by atoms with Crippen molar-refractivity contribution in [1.29, 1.82) is 0 Å². The van der Waals surface area contributed by atoms with E-state index in [-0.39, 0.29) is 56.9 Å². The zero-order valence-electron chi connectivity index (χ0n) is 39.1. The highest BCUT2D eigenvalue weighted by atomic mass is 19.1. The molecule has 6 aliphatic rings. The number of Topliss-reactive ketones (excluding diaryl/α,β-unsaturated/α-hetero) is 1. The second kappa shape index (κ2) is 18.1. The highest BCUT2D eigenvalue weighted by Crippen LogP contribution is 2.69. The number of aliphatic hydroxyl groups excluding tert-OH is 5. The second-order valence-electron chi connectivity index (χ2n) is 21.5. The van der Waals surface area contributed by atoms with Crippen molar-refractivity contribution in [2.24, 2.45) is 51.8 Å². The van der Waals surface area contributed by atoms with Crippen LogP contribution in [0.15, 0.2) is 23.8 Å². The SMILES string of the molecule is CC[C@H]1OC(=O)[C@H](C)[C@@H](O)[C@H](C)[C@@H](O)[C@]2(O)C[C@@]2(C)CN(CCCNCCC(=O)O[C@]2(C(=O)CO)[C@H](C)CC3C4C[C@H](F)C5=CC(=O)C=C[C@]5(C)C4[C@@H](O)C[C@@]32C)[C@H](C)[C@@H](O)[C@]1(C)O. The normalized spacial score (nSPS) is 48.5. The van der Waals surface area contributed by atoms with Crippen LogP contribution in [0, 0.1) is 51.8 Å². The monoisotopic (exact) mass is 907 g/mol. The first-order valence-corrected chi connectivity index (χ1v) is 23.5. The van der Waals surface area contributed by atoms with Crippen LogP contribution >= 0.6 is 0 Å². The van der Waals surface area contributed by atoms with Gasteiger partial charge in [0, 0.05) is 53.1 Å². The van der Waals surface area contributed by atoms with Gasteiger partial charge in [-0.25, -0.2) is 4.39 Å². The molecule has 1 heterocycles. The third-order valence-electron chi connectivity index (χ3n) is 17.6. The summed E-state index contributed by atoms with van der Waals surface area (Å²) >= 11 is 0. The number of ether oxygens (including phenoxy) is 2. The highest BCUT2D eigenvalue weighted by molar-refractivity contribution is 6.01. The van der Waals surface area contributed by atoms with Crippen LogP contribution in [0.4, 0.5) is 4.39 Å². The number of hydrogen-bond acceptors (Lipinski definition) is 15. The Labute approximate surface area is 376 Å². The molecular formula is C48H75FN2O13. The van der Waals surface area contributed by atoms with Gasteiger partial charge >= 0.3 is 11.9 Å². The Morgan fingerprint density at radius 2 is 1.67 bits per heavy atom. The maximum atomic E-state index is 16.0. The quantitative estimate of drug-likeness (QED) is 0.109. The Bertz CT molecular complexity index is 1860. The summed E-state index contributed by atoms with van der Waals surface area (Å²) in [6.45, 7) is 15.4. The van der Waals surface area contributed by atoms with E-state index < -0.39 is 130 Å². The molecule has 5 aliphatic carbocycles. The first kappa shape index (κ1) is 50.7. The summed E-state index contributed by atoms with van der Waals surface area (Å²) in [6.07, 6.45) is -2.06. The molecule has 5 fully saturated rings. The van der Waals surface area contributed by atoms with Crippen LogP contribution < -0.4 is 5.32 Å². The lowest BCUT2D eigenvalue weighted by Crippen LogP contribution is -2.65. The van der Waals surface area contributed by atoms with Crippen molar-refractivity contribution in [3.05, 3.63) is 23.8 Å². The molecule has 3 unspecified atom stereocenters. The van der Waals surface area contributed by atoms with Crippen molar-refractivity contribution in [1.82, 2.24) is 10.2 Å². The van der Waals surface area contributed by atoms with Gasteiger partial charge in [0.05, 0.1) is 36.3 Å². The molecule has 8 N–H and O–H groups in total. The Morgan fingerprint density at radius 1 is 1.00 bits per heavy atom. The molecule has 0 aromatic carbocycles. The van der Waals surface area contributed by atoms with E-state index in [1.54, 1.807) is 33.8 Å². The van der Waals surface area contributed by atoms with Gasteiger partial charge in [-0.15, -0.1) is 0 Å². The van der Waals surface area contributed by atoms with E-state index in [2.05, 4.69) is 5.32 Å². The molecule has 64 heavy (non-hydrogen) atoms. The Morgan fingerprint density at radius 3 is 2.31 bits per heavy atom. The van der Waals surface area contributed by atoms with Crippen molar-refractivity contribution in [2.75, 3.05) is 32.8 Å². The predicted octanol–water partition coefficient (Wildman–Crippen LogP) is 1.95. The van der Waals surface area contributed by atoms with E-state index in [0.29, 0.717) is 31.5 Å². The number of rotatable bonds is 11. The number of nitrogens with one attached hydrogen (secondary N) is 1. The molecule has 0 spiro atoms. The number of hydrogen-bond donors (Lipinski definition) is 8. The number of carbonyl (C=O) groups is 4. The van der Waals surface area contributed by atoms with Crippen molar-refractivity contribution >= 4 is 23.5 Å². The smallest absolute Gasteiger partial charge is 0.311 e. The summed E-state index contributed by atoms with van der Waals surface area (Å²) in [4.78, 5) is 55.1. The number of halogens is 1. The number of aliphatic hydroxyl groups is 7. The van der Waals surface area contributed by atoms with E-state index in [0.717, 1.165) is 0 Å². The average molecular weight is 907 g/mol. The summed E-state index contributed by atoms with van der Waals surface area (Å²) in [7, 11) is 0. The van der Waals surface area contributed by atoms with Gasteiger partial charge in [-0.1, -0.05) is 47.6 Å². The topological polar surface area (TPSA) is 244 Å². The number of cyclic esters (lactones) is 1. The number of alkyl halides is 1. The fourth-order valence-electron chi connectivity index (χ4n) is 13.6. The molecule has 1 saturated heterocycles. The van der Waals surface area contributed by atoms with Gasteiger partial charge in [0.15, 0.2) is 11.4 Å². The van der Waals surface area contributed by atoms with Gasteiger partial charge in [-0.3, -0.25) is 24.1 Å². The van der Waals surface area contributed by atoms with Crippen LogP contribution in [0.25, 0.3) is 0 Å². The Balaban J connectivity index is 1.12. The lowest BCUT2D eigenvalue weighted by molar-refractivity contribution is -0.206. The lowest BCUT2D eigenvalue weighted by atomic mass is 9.46. The maximum absolute atomic E-state index is 16.0. The number of allylic oxidation sites excluding steroid dienone is 4. The second-order valence-corrected chi connectivity index (χ2v) is 21.5. The summed E-state index contributed by atoms with van der Waals surface area (Å²) in [5, 5.41) is 83.1. The maximum Gasteiger partial charge on any atom is 0.311 e. The van der Waals surface area contributed by atoms with Crippen molar-refractivity contribution in [3.63, 3.8) is 0 Å². The molecule has 1 aliphatic heterocycles. The average Bonchev–Trinajstić information content (AvgIpc) is 3.72. The third kappa shape index (κ3) is 8.16. The van der Waals surface area contributed by atoms with Gasteiger partial charge in [-0.2, -0.15) is 0 Å². The van der Waals surface area contributed by atoms with Crippen LogP contribution in [-0.2, 0) is 28.7 Å². The van der Waals surface area contributed by atoms with E-state index in [4.69, 9.17) is 9.47 Å². The Kier molecular flexibility index (Phi) is 14.3. The number of esters is 2. The Hall–Kier alpha value is -2.67. The molecular weight excluding hydrogens is 832 g/mol. The lowest BCUT2D eigenvalue weighted by Gasteiger charge is -2.60. The summed E-state index contributed by atoms with van der Waals surface area (Å²) in [5.74, 6) is -6.14. The summed E-state index contributed by atoms with van der Waals surface area (Å²) < 4.78 is 27.9. The van der Waals surface area contributed by atoms with Gasteiger partial charge < -0.3 is 50.5 Å². The van der Waals surface area contributed by atoms with Crippen molar-refractivity contribution in [2.45, 2.75) is 167 Å². The molecule has 0 amide bonds.